The summed E-state index contributed by atoms with van der Waals surface area (Å²) >= 11 is 0. The number of hydrogen-bond donors (Lipinski definition) is 0. The van der Waals surface area contributed by atoms with E-state index in [4.69, 9.17) is 4.74 Å². The van der Waals surface area contributed by atoms with E-state index in [0.29, 0.717) is 17.9 Å². The fourth-order valence-corrected chi connectivity index (χ4v) is 1.45. The molecule has 1 rings (SSSR count). The van der Waals surface area contributed by atoms with E-state index in [1.165, 1.54) is 0 Å². The molecule has 1 aromatic carbocycles. The summed E-state index contributed by atoms with van der Waals surface area (Å²) in [4.78, 5) is 13.6. The van der Waals surface area contributed by atoms with E-state index >= 15 is 0 Å². The second kappa shape index (κ2) is 5.35. The van der Waals surface area contributed by atoms with Crippen LogP contribution in [0.2, 0.25) is 0 Å². The number of hydrogen-bond acceptors (Lipinski definition) is 2. The summed E-state index contributed by atoms with van der Waals surface area (Å²) in [5, 5.41) is 0. The van der Waals surface area contributed by atoms with Crippen LogP contribution in [0, 0.1) is 0 Å². The molecule has 0 saturated heterocycles. The molecule has 0 bridgehead atoms. The van der Waals surface area contributed by atoms with E-state index < -0.39 is 0 Å². The first-order chi connectivity index (χ1) is 7.54. The lowest BCUT2D eigenvalue weighted by molar-refractivity contribution is 0.0806. The van der Waals surface area contributed by atoms with Crippen LogP contribution in [0.15, 0.2) is 36.4 Å². The lowest BCUT2D eigenvalue weighted by Gasteiger charge is -2.17. The number of ether oxygens (including phenoxy) is 1. The first kappa shape index (κ1) is 12.3. The zero-order valence-electron chi connectivity index (χ0n) is 9.99. The zero-order chi connectivity index (χ0) is 12.1. The summed E-state index contributed by atoms with van der Waals surface area (Å²) in [5.41, 5.74) is 1.59. The van der Waals surface area contributed by atoms with Crippen molar-refractivity contribution in [1.29, 1.82) is 0 Å². The summed E-state index contributed by atoms with van der Waals surface area (Å²) in [7, 11) is 3.34. The largest absolute Gasteiger partial charge is 0.497 e. The molecule has 0 unspecified atom stereocenters. The first-order valence-electron chi connectivity index (χ1n) is 5.08. The number of carbonyl (C=O) groups excluding carboxylic acids is 1. The second-order valence-electron chi connectivity index (χ2n) is 3.85. The molecule has 0 N–H and O–H groups in total. The minimum Gasteiger partial charge on any atom is -0.497 e. The van der Waals surface area contributed by atoms with Gasteiger partial charge in [0.1, 0.15) is 5.75 Å². The van der Waals surface area contributed by atoms with E-state index in [1.807, 2.05) is 13.0 Å². The van der Waals surface area contributed by atoms with Crippen molar-refractivity contribution in [2.45, 2.75) is 6.92 Å². The van der Waals surface area contributed by atoms with Crippen LogP contribution in [-0.4, -0.2) is 31.5 Å². The molecule has 0 saturated carbocycles. The van der Waals surface area contributed by atoms with Crippen molar-refractivity contribution in [1.82, 2.24) is 4.90 Å². The average Bonchev–Trinajstić information content (AvgIpc) is 2.27. The van der Waals surface area contributed by atoms with Gasteiger partial charge in [0.2, 0.25) is 0 Å². The normalized spacial score (nSPS) is 9.69. The molecule has 3 heteroatoms. The van der Waals surface area contributed by atoms with Crippen molar-refractivity contribution < 1.29 is 9.53 Å². The minimum atomic E-state index is -0.0260. The smallest absolute Gasteiger partial charge is 0.254 e. The van der Waals surface area contributed by atoms with E-state index in [0.717, 1.165) is 5.57 Å². The molecule has 3 nitrogen and oxygen atoms in total. The van der Waals surface area contributed by atoms with Gasteiger partial charge in [-0.1, -0.05) is 18.2 Å². The number of benzene rings is 1. The monoisotopic (exact) mass is 219 g/mol. The summed E-state index contributed by atoms with van der Waals surface area (Å²) in [6.45, 7) is 6.25. The van der Waals surface area contributed by atoms with Crippen molar-refractivity contribution in [2.75, 3.05) is 20.7 Å². The van der Waals surface area contributed by atoms with Gasteiger partial charge in [0.25, 0.3) is 5.91 Å². The third-order valence-corrected chi connectivity index (χ3v) is 2.17. The molecule has 1 aromatic rings. The summed E-state index contributed by atoms with van der Waals surface area (Å²) < 4.78 is 5.08. The van der Waals surface area contributed by atoms with E-state index in [2.05, 4.69) is 6.58 Å². The number of amides is 1. The van der Waals surface area contributed by atoms with Crippen LogP contribution in [-0.2, 0) is 0 Å². The molecule has 0 radical (unpaired) electrons. The van der Waals surface area contributed by atoms with Crippen molar-refractivity contribution in [3.63, 3.8) is 0 Å². The van der Waals surface area contributed by atoms with Gasteiger partial charge in [-0.3, -0.25) is 4.79 Å². The molecular weight excluding hydrogens is 202 g/mol. The molecule has 0 atom stereocenters. The van der Waals surface area contributed by atoms with Gasteiger partial charge in [-0.15, -0.1) is 0 Å². The van der Waals surface area contributed by atoms with Crippen LogP contribution in [0.5, 0.6) is 5.75 Å². The maximum Gasteiger partial charge on any atom is 0.254 e. The summed E-state index contributed by atoms with van der Waals surface area (Å²) in [6, 6.07) is 7.13. The minimum absolute atomic E-state index is 0.0260. The second-order valence-corrected chi connectivity index (χ2v) is 3.85. The Morgan fingerprint density at radius 1 is 1.50 bits per heavy atom. The van der Waals surface area contributed by atoms with Crippen molar-refractivity contribution in [3.05, 3.63) is 42.0 Å². The number of rotatable bonds is 4. The molecule has 0 aliphatic carbocycles. The third kappa shape index (κ3) is 3.12. The predicted octanol–water partition coefficient (Wildman–Crippen LogP) is 2.34. The highest BCUT2D eigenvalue weighted by Crippen LogP contribution is 2.14. The Labute approximate surface area is 96.3 Å². The molecule has 0 aliphatic rings. The SMILES string of the molecule is C=C(C)CN(C)C(=O)c1cccc(OC)c1. The molecule has 16 heavy (non-hydrogen) atoms. The van der Waals surface area contributed by atoms with Gasteiger partial charge in [-0.25, -0.2) is 0 Å². The Morgan fingerprint density at radius 2 is 2.19 bits per heavy atom. The molecular formula is C13H17NO2. The number of methoxy groups -OCH3 is 1. The van der Waals surface area contributed by atoms with Gasteiger partial charge < -0.3 is 9.64 Å². The van der Waals surface area contributed by atoms with Gasteiger partial charge in [0.05, 0.1) is 7.11 Å². The fourth-order valence-electron chi connectivity index (χ4n) is 1.45. The summed E-state index contributed by atoms with van der Waals surface area (Å²) in [5.74, 6) is 0.663. The number of likely N-dealkylation sites (N-methyl/N-ethyl adjacent to an activating group) is 1. The Balaban J connectivity index is 2.83. The molecule has 1 amide bonds. The van der Waals surface area contributed by atoms with Crippen LogP contribution in [0.3, 0.4) is 0 Å². The van der Waals surface area contributed by atoms with Crippen molar-refractivity contribution in [3.8, 4) is 5.75 Å². The highest BCUT2D eigenvalue weighted by molar-refractivity contribution is 5.94. The zero-order valence-corrected chi connectivity index (χ0v) is 9.99. The van der Waals surface area contributed by atoms with Gasteiger partial charge in [-0.2, -0.15) is 0 Å². The molecule has 0 fully saturated rings. The highest BCUT2D eigenvalue weighted by atomic mass is 16.5. The Morgan fingerprint density at radius 3 is 2.75 bits per heavy atom. The Hall–Kier alpha value is -1.77. The van der Waals surface area contributed by atoms with E-state index in [1.54, 1.807) is 37.3 Å². The van der Waals surface area contributed by atoms with Crippen molar-refractivity contribution in [2.24, 2.45) is 0 Å². The lowest BCUT2D eigenvalue weighted by atomic mass is 10.2. The maximum absolute atomic E-state index is 12.0. The topological polar surface area (TPSA) is 29.5 Å². The first-order valence-corrected chi connectivity index (χ1v) is 5.08. The standard InChI is InChI=1S/C13H17NO2/c1-10(2)9-14(3)13(15)11-6-5-7-12(8-11)16-4/h5-8H,1,9H2,2-4H3. The van der Waals surface area contributed by atoms with Crippen LogP contribution in [0.25, 0.3) is 0 Å². The quantitative estimate of drug-likeness (QED) is 0.727. The molecule has 0 aromatic heterocycles. The van der Waals surface area contributed by atoms with Gasteiger partial charge in [0, 0.05) is 19.2 Å². The van der Waals surface area contributed by atoms with Crippen LogP contribution < -0.4 is 4.74 Å². The van der Waals surface area contributed by atoms with Crippen molar-refractivity contribution >= 4 is 5.91 Å². The molecule has 0 spiro atoms. The van der Waals surface area contributed by atoms with Gasteiger partial charge in [0.15, 0.2) is 0 Å². The number of nitrogens with zero attached hydrogens (tertiary/aromatic N) is 1. The Kier molecular flexibility index (Phi) is 4.11. The maximum atomic E-state index is 12.0. The molecule has 0 aliphatic heterocycles. The van der Waals surface area contributed by atoms with Crippen LogP contribution >= 0.6 is 0 Å². The van der Waals surface area contributed by atoms with Crippen LogP contribution in [0.1, 0.15) is 17.3 Å². The van der Waals surface area contributed by atoms with E-state index in [-0.39, 0.29) is 5.91 Å². The highest BCUT2D eigenvalue weighted by Gasteiger charge is 2.11. The van der Waals surface area contributed by atoms with Crippen LogP contribution in [0.4, 0.5) is 0 Å². The average molecular weight is 219 g/mol. The predicted molar refractivity (Wildman–Crippen MR) is 64.8 cm³/mol. The third-order valence-electron chi connectivity index (χ3n) is 2.17. The molecule has 0 heterocycles. The Bertz CT molecular complexity index is 399. The van der Waals surface area contributed by atoms with Gasteiger partial charge >= 0.3 is 0 Å². The molecule has 86 valence electrons. The summed E-state index contributed by atoms with van der Waals surface area (Å²) in [6.07, 6.45) is 0. The fraction of sp³-hybridized carbons (Fsp3) is 0.308. The van der Waals surface area contributed by atoms with Gasteiger partial charge in [-0.05, 0) is 25.1 Å². The lowest BCUT2D eigenvalue weighted by Crippen LogP contribution is -2.28. The number of carbonyl (C=O) groups is 1. The van der Waals surface area contributed by atoms with E-state index in [9.17, 15) is 4.79 Å².